The van der Waals surface area contributed by atoms with Crippen LogP contribution in [0.15, 0.2) is 60.7 Å². The van der Waals surface area contributed by atoms with E-state index in [1.807, 2.05) is 36.4 Å². The molecule has 2 aliphatic rings. The zero-order chi connectivity index (χ0) is 35.2. The molecule has 1 atom stereocenters. The van der Waals surface area contributed by atoms with Crippen LogP contribution in [0.1, 0.15) is 67.2 Å². The predicted octanol–water partition coefficient (Wildman–Crippen LogP) is 9.05. The second kappa shape index (κ2) is 15.7. The van der Waals surface area contributed by atoms with Gasteiger partial charge in [0.25, 0.3) is 0 Å². The molecular weight excluding hydrogens is 632 g/mol. The maximum atomic E-state index is 11.4. The van der Waals surface area contributed by atoms with Gasteiger partial charge in [-0.2, -0.15) is 0 Å². The van der Waals surface area contributed by atoms with Crippen LogP contribution in [0.5, 0.6) is 46.0 Å². The second-order valence-electron chi connectivity index (χ2n) is 13.4. The van der Waals surface area contributed by atoms with Crippen molar-refractivity contribution in [2.75, 3.05) is 27.9 Å². The van der Waals surface area contributed by atoms with Gasteiger partial charge >= 0.3 is 0 Å². The molecule has 8 nitrogen and oxygen atoms in total. The van der Waals surface area contributed by atoms with Crippen LogP contribution in [0, 0.1) is 5.92 Å². The lowest BCUT2D eigenvalue weighted by molar-refractivity contribution is 0.217. The molecule has 2 aliphatic carbocycles. The number of rotatable bonds is 6. The van der Waals surface area contributed by atoms with Crippen molar-refractivity contribution >= 4 is 0 Å². The van der Waals surface area contributed by atoms with E-state index in [4.69, 9.17) is 18.9 Å². The largest absolute Gasteiger partial charge is 0.507 e. The first-order valence-corrected chi connectivity index (χ1v) is 17.6. The highest BCUT2D eigenvalue weighted by atomic mass is 16.5. The number of allylic oxidation sites excluding steroid dienone is 2. The van der Waals surface area contributed by atoms with Crippen LogP contribution in [0.3, 0.4) is 0 Å². The van der Waals surface area contributed by atoms with Crippen molar-refractivity contribution in [1.29, 1.82) is 0 Å². The summed E-state index contributed by atoms with van der Waals surface area (Å²) in [5.74, 6) is 1.84. The number of phenolic OH excluding ortho intramolecular Hbond substituents is 4. The zero-order valence-corrected chi connectivity index (χ0v) is 29.3. The highest BCUT2D eigenvalue weighted by molar-refractivity contribution is 5.83. The van der Waals surface area contributed by atoms with Gasteiger partial charge in [0.15, 0.2) is 23.0 Å². The molecule has 6 rings (SSSR count). The smallest absolute Gasteiger partial charge is 0.203 e. The molecule has 8 heteroatoms. The fraction of sp³-hybridized carbons (Fsp3) is 0.381. The minimum absolute atomic E-state index is 0.0317. The standard InChI is InChI=1S/C42H48O8/c1-47-39-33-23-30(37(45)41(39)48-2)16-10-14-28(13-9-12-27-18-20-35(43)31(33)22-27)25-50-40-34-24-29(38(46)42(40)49-3)15-8-6-4-5-7-11-26-17-19-36(44)32(34)21-26/h5,7,17-24,28,43-46H,4,6,8-16,25H2,1-3H3/b7-5-. The van der Waals surface area contributed by atoms with E-state index in [2.05, 4.69) is 12.2 Å². The summed E-state index contributed by atoms with van der Waals surface area (Å²) >= 11 is 0. The van der Waals surface area contributed by atoms with Gasteiger partial charge in [0.05, 0.1) is 27.9 Å². The van der Waals surface area contributed by atoms with Gasteiger partial charge in [0.1, 0.15) is 11.5 Å². The van der Waals surface area contributed by atoms with Crippen LogP contribution < -0.4 is 18.9 Å². The van der Waals surface area contributed by atoms with Crippen LogP contribution in [-0.2, 0) is 25.7 Å². The number of fused-ring (bicyclic) bond motifs is 10. The van der Waals surface area contributed by atoms with E-state index in [1.54, 1.807) is 19.2 Å². The molecule has 0 fully saturated rings. The molecule has 0 aromatic heterocycles. The minimum atomic E-state index is 0.0317. The van der Waals surface area contributed by atoms with E-state index >= 15 is 0 Å². The van der Waals surface area contributed by atoms with Crippen molar-refractivity contribution in [3.63, 3.8) is 0 Å². The Hall–Kier alpha value is -4.98. The normalized spacial score (nSPS) is 17.0. The summed E-state index contributed by atoms with van der Waals surface area (Å²) in [5, 5.41) is 44.6. The quantitative estimate of drug-likeness (QED) is 0.149. The third kappa shape index (κ3) is 7.30. The Morgan fingerprint density at radius 2 is 1.12 bits per heavy atom. The lowest BCUT2D eigenvalue weighted by Gasteiger charge is -2.23. The summed E-state index contributed by atoms with van der Waals surface area (Å²) in [6.07, 6.45) is 13.4. The third-order valence-electron chi connectivity index (χ3n) is 10.1. The molecule has 4 aromatic rings. The number of methoxy groups -OCH3 is 3. The highest BCUT2D eigenvalue weighted by Gasteiger charge is 2.26. The number of hydrogen-bond acceptors (Lipinski definition) is 8. The number of hydrogen-bond donors (Lipinski definition) is 4. The average molecular weight is 681 g/mol. The summed E-state index contributed by atoms with van der Waals surface area (Å²) < 4.78 is 23.8. The minimum Gasteiger partial charge on any atom is -0.507 e. The first kappa shape index (κ1) is 34.9. The Bertz CT molecular complexity index is 1860. The van der Waals surface area contributed by atoms with E-state index in [9.17, 15) is 20.4 Å². The van der Waals surface area contributed by atoms with Crippen molar-refractivity contribution < 1.29 is 39.4 Å². The number of phenols is 4. The van der Waals surface area contributed by atoms with Gasteiger partial charge in [-0.3, -0.25) is 0 Å². The van der Waals surface area contributed by atoms with Crippen LogP contribution in [0.25, 0.3) is 22.3 Å². The Morgan fingerprint density at radius 3 is 1.78 bits per heavy atom. The van der Waals surface area contributed by atoms with E-state index in [1.165, 1.54) is 14.2 Å². The topological polar surface area (TPSA) is 118 Å². The maximum Gasteiger partial charge on any atom is 0.203 e. The number of aromatic hydroxyl groups is 4. The molecule has 0 saturated carbocycles. The van der Waals surface area contributed by atoms with Crippen molar-refractivity contribution in [3.8, 4) is 68.2 Å². The Morgan fingerprint density at radius 1 is 0.560 bits per heavy atom. The first-order chi connectivity index (χ1) is 24.3. The van der Waals surface area contributed by atoms with E-state index in [-0.39, 0.29) is 40.4 Å². The maximum absolute atomic E-state index is 11.4. The van der Waals surface area contributed by atoms with Gasteiger partial charge in [-0.05, 0) is 135 Å². The Kier molecular flexibility index (Phi) is 11.0. The Balaban J connectivity index is 1.34. The van der Waals surface area contributed by atoms with Crippen molar-refractivity contribution in [1.82, 2.24) is 0 Å². The molecule has 1 unspecified atom stereocenters. The van der Waals surface area contributed by atoms with Crippen molar-refractivity contribution in [2.45, 2.75) is 70.6 Å². The number of ether oxygens (including phenoxy) is 4. The van der Waals surface area contributed by atoms with Gasteiger partial charge in [0, 0.05) is 22.3 Å². The molecule has 8 bridgehead atoms. The van der Waals surface area contributed by atoms with Crippen LogP contribution in [-0.4, -0.2) is 48.4 Å². The predicted molar refractivity (Wildman–Crippen MR) is 195 cm³/mol. The van der Waals surface area contributed by atoms with Crippen molar-refractivity contribution in [3.05, 3.63) is 82.9 Å². The lowest BCUT2D eigenvalue weighted by atomic mass is 9.93. The summed E-state index contributed by atoms with van der Waals surface area (Å²) in [5.41, 5.74) is 6.26. The SMILES string of the molecule is COc1c2cc(c(O)c1OC)CCCC(COc1c3cc(c(O)c1OC)CCCC/C=C\Cc1ccc(O)c-3c1)CCCc1ccc(O)c-2c1. The second-order valence-corrected chi connectivity index (χ2v) is 13.4. The van der Waals surface area contributed by atoms with Crippen LogP contribution >= 0.6 is 0 Å². The molecule has 0 aliphatic heterocycles. The van der Waals surface area contributed by atoms with Gasteiger partial charge < -0.3 is 39.4 Å². The molecule has 4 N–H and O–H groups in total. The number of aryl methyl sites for hydroxylation is 3. The van der Waals surface area contributed by atoms with E-state index < -0.39 is 0 Å². The van der Waals surface area contributed by atoms with Gasteiger partial charge in [-0.1, -0.05) is 24.3 Å². The molecule has 264 valence electrons. The summed E-state index contributed by atoms with van der Waals surface area (Å²) in [7, 11) is 4.57. The molecule has 50 heavy (non-hydrogen) atoms. The fourth-order valence-electron chi connectivity index (χ4n) is 7.36. The number of benzene rings is 4. The summed E-state index contributed by atoms with van der Waals surface area (Å²) in [6, 6.07) is 15.1. The van der Waals surface area contributed by atoms with E-state index in [0.717, 1.165) is 74.5 Å². The third-order valence-corrected chi connectivity index (χ3v) is 10.1. The van der Waals surface area contributed by atoms with Gasteiger partial charge in [0.2, 0.25) is 11.5 Å². The molecule has 4 aromatic carbocycles. The summed E-state index contributed by atoms with van der Waals surface area (Å²) in [4.78, 5) is 0. The van der Waals surface area contributed by atoms with E-state index in [0.29, 0.717) is 58.8 Å². The van der Waals surface area contributed by atoms with Gasteiger partial charge in [-0.25, -0.2) is 0 Å². The molecule has 0 saturated heterocycles. The van der Waals surface area contributed by atoms with Crippen molar-refractivity contribution in [2.24, 2.45) is 5.92 Å². The Labute approximate surface area is 294 Å². The molecular formula is C42H48O8. The summed E-state index contributed by atoms with van der Waals surface area (Å²) in [6.45, 7) is 0.370. The first-order valence-electron chi connectivity index (χ1n) is 17.6. The van der Waals surface area contributed by atoms with Crippen LogP contribution in [0.2, 0.25) is 0 Å². The molecule has 0 heterocycles. The molecule has 0 spiro atoms. The fourth-order valence-corrected chi connectivity index (χ4v) is 7.36. The van der Waals surface area contributed by atoms with Gasteiger partial charge in [-0.15, -0.1) is 0 Å². The monoisotopic (exact) mass is 680 g/mol. The molecule has 0 radical (unpaired) electrons. The molecule has 0 amide bonds. The average Bonchev–Trinajstić information content (AvgIpc) is 3.13. The zero-order valence-electron chi connectivity index (χ0n) is 29.3. The highest BCUT2D eigenvalue weighted by Crippen LogP contribution is 2.50. The van der Waals surface area contributed by atoms with Crippen LogP contribution in [0.4, 0.5) is 0 Å². The lowest BCUT2D eigenvalue weighted by Crippen LogP contribution is -2.14.